The maximum Gasteiger partial charge on any atom is 0.336 e. The molecule has 3 N–H and O–H groups in total. The summed E-state index contributed by atoms with van der Waals surface area (Å²) in [6, 6.07) is 0. The maximum atomic E-state index is 11.9. The SMILES string of the molecule is CCCc1c(CCC)c(C(=O)O)c(C(=O)O)c(CCC)c1C(=O)O. The lowest BCUT2D eigenvalue weighted by Crippen LogP contribution is -2.22. The van der Waals surface area contributed by atoms with Gasteiger partial charge in [0, 0.05) is 0 Å². The van der Waals surface area contributed by atoms with E-state index in [0.717, 1.165) is 0 Å². The Bertz CT molecular complexity index is 660. The fourth-order valence-corrected chi connectivity index (χ4v) is 3.19. The Labute approximate surface area is 141 Å². The summed E-state index contributed by atoms with van der Waals surface area (Å²) in [5, 5.41) is 28.9. The molecule has 6 nitrogen and oxygen atoms in total. The number of aromatic carboxylic acids is 3. The highest BCUT2D eigenvalue weighted by Gasteiger charge is 2.31. The second kappa shape index (κ2) is 8.47. The molecule has 0 aliphatic carbocycles. The van der Waals surface area contributed by atoms with E-state index in [1.165, 1.54) is 0 Å². The van der Waals surface area contributed by atoms with E-state index in [0.29, 0.717) is 43.2 Å². The lowest BCUT2D eigenvalue weighted by Gasteiger charge is -2.21. The van der Waals surface area contributed by atoms with Crippen molar-refractivity contribution in [3.8, 4) is 0 Å². The number of carboxylic acid groups (broad SMARTS) is 3. The first-order valence-corrected chi connectivity index (χ1v) is 8.22. The Morgan fingerprint density at radius 1 is 0.583 bits per heavy atom. The summed E-state index contributed by atoms with van der Waals surface area (Å²) < 4.78 is 0. The molecule has 0 radical (unpaired) electrons. The fourth-order valence-electron chi connectivity index (χ4n) is 3.19. The van der Waals surface area contributed by atoms with Gasteiger partial charge in [0.2, 0.25) is 0 Å². The highest BCUT2D eigenvalue weighted by molar-refractivity contribution is 6.07. The predicted octanol–water partition coefficient (Wildman–Crippen LogP) is 3.64. The summed E-state index contributed by atoms with van der Waals surface area (Å²) in [5.74, 6) is -3.90. The molecule has 0 spiro atoms. The van der Waals surface area contributed by atoms with E-state index in [-0.39, 0.29) is 28.7 Å². The van der Waals surface area contributed by atoms with Crippen molar-refractivity contribution in [2.45, 2.75) is 59.3 Å². The molecule has 1 rings (SSSR count). The zero-order chi connectivity index (χ0) is 18.4. The third-order valence-electron chi connectivity index (χ3n) is 3.96. The molecule has 0 saturated heterocycles. The van der Waals surface area contributed by atoms with Crippen LogP contribution in [-0.4, -0.2) is 33.2 Å². The number of carbonyl (C=O) groups is 3. The van der Waals surface area contributed by atoms with Crippen LogP contribution in [0.1, 0.15) is 87.8 Å². The Morgan fingerprint density at radius 2 is 0.875 bits per heavy atom. The summed E-state index contributed by atoms with van der Waals surface area (Å²) in [4.78, 5) is 35.4. The van der Waals surface area contributed by atoms with E-state index in [2.05, 4.69) is 0 Å². The minimum absolute atomic E-state index is 0.0236. The molecule has 6 heteroatoms. The number of hydrogen-bond acceptors (Lipinski definition) is 3. The monoisotopic (exact) mass is 336 g/mol. The zero-order valence-corrected chi connectivity index (χ0v) is 14.3. The van der Waals surface area contributed by atoms with E-state index in [4.69, 9.17) is 0 Å². The smallest absolute Gasteiger partial charge is 0.336 e. The van der Waals surface area contributed by atoms with Gasteiger partial charge in [0.15, 0.2) is 0 Å². The Morgan fingerprint density at radius 3 is 1.21 bits per heavy atom. The van der Waals surface area contributed by atoms with Crippen LogP contribution in [-0.2, 0) is 19.3 Å². The molecule has 0 fully saturated rings. The summed E-state index contributed by atoms with van der Waals surface area (Å²) in [6.07, 6.45) is 2.74. The van der Waals surface area contributed by atoms with Gasteiger partial charge in [-0.2, -0.15) is 0 Å². The average molecular weight is 336 g/mol. The van der Waals surface area contributed by atoms with Gasteiger partial charge in [-0.15, -0.1) is 0 Å². The molecular weight excluding hydrogens is 312 g/mol. The molecule has 0 aromatic heterocycles. The first-order chi connectivity index (χ1) is 11.3. The van der Waals surface area contributed by atoms with Crippen LogP contribution >= 0.6 is 0 Å². The van der Waals surface area contributed by atoms with Crippen LogP contribution in [0.5, 0.6) is 0 Å². The molecule has 0 unspecified atom stereocenters. The van der Waals surface area contributed by atoms with Crippen molar-refractivity contribution < 1.29 is 29.7 Å². The van der Waals surface area contributed by atoms with Crippen LogP contribution in [0, 0.1) is 0 Å². The lowest BCUT2D eigenvalue weighted by molar-refractivity contribution is 0.0646. The molecule has 0 aliphatic rings. The number of carboxylic acids is 3. The summed E-state index contributed by atoms with van der Waals surface area (Å²) in [7, 11) is 0. The third-order valence-corrected chi connectivity index (χ3v) is 3.96. The summed E-state index contributed by atoms with van der Waals surface area (Å²) >= 11 is 0. The average Bonchev–Trinajstić information content (AvgIpc) is 2.48. The third kappa shape index (κ3) is 3.75. The van der Waals surface area contributed by atoms with Crippen molar-refractivity contribution >= 4 is 17.9 Å². The molecule has 0 saturated carbocycles. The van der Waals surface area contributed by atoms with Gasteiger partial charge in [-0.05, 0) is 36.0 Å². The fraction of sp³-hybridized carbons (Fsp3) is 0.500. The van der Waals surface area contributed by atoms with Gasteiger partial charge < -0.3 is 15.3 Å². The predicted molar refractivity (Wildman–Crippen MR) is 89.3 cm³/mol. The second-order valence-corrected chi connectivity index (χ2v) is 5.73. The number of hydrogen-bond donors (Lipinski definition) is 3. The first kappa shape index (κ1) is 19.7. The largest absolute Gasteiger partial charge is 0.478 e. The molecule has 0 amide bonds. The van der Waals surface area contributed by atoms with Crippen molar-refractivity contribution in [3.63, 3.8) is 0 Å². The quantitative estimate of drug-likeness (QED) is 0.635. The topological polar surface area (TPSA) is 112 Å². The highest BCUT2D eigenvalue weighted by atomic mass is 16.4. The van der Waals surface area contributed by atoms with Crippen LogP contribution in [0.4, 0.5) is 0 Å². The highest BCUT2D eigenvalue weighted by Crippen LogP contribution is 2.32. The Balaban J connectivity index is 4.09. The van der Waals surface area contributed by atoms with E-state index in [9.17, 15) is 29.7 Å². The lowest BCUT2D eigenvalue weighted by atomic mass is 9.81. The van der Waals surface area contributed by atoms with Crippen molar-refractivity contribution in [2.75, 3.05) is 0 Å². The van der Waals surface area contributed by atoms with E-state index in [1.54, 1.807) is 6.92 Å². The molecule has 132 valence electrons. The minimum atomic E-state index is -1.39. The summed E-state index contributed by atoms with van der Waals surface area (Å²) in [5.41, 5.74) is 0.299. The van der Waals surface area contributed by atoms with Gasteiger partial charge in [0.25, 0.3) is 0 Å². The van der Waals surface area contributed by atoms with Gasteiger partial charge in [-0.3, -0.25) is 0 Å². The van der Waals surface area contributed by atoms with Crippen LogP contribution in [0.15, 0.2) is 0 Å². The van der Waals surface area contributed by atoms with Gasteiger partial charge in [0.1, 0.15) is 0 Å². The maximum absolute atomic E-state index is 11.9. The zero-order valence-electron chi connectivity index (χ0n) is 14.3. The van der Waals surface area contributed by atoms with Crippen molar-refractivity contribution in [2.24, 2.45) is 0 Å². The van der Waals surface area contributed by atoms with Gasteiger partial charge in [-0.25, -0.2) is 14.4 Å². The molecule has 0 bridgehead atoms. The van der Waals surface area contributed by atoms with Crippen molar-refractivity contribution in [1.29, 1.82) is 0 Å². The first-order valence-electron chi connectivity index (χ1n) is 8.22. The van der Waals surface area contributed by atoms with Crippen molar-refractivity contribution in [1.82, 2.24) is 0 Å². The Hall–Kier alpha value is -2.37. The standard InChI is InChI=1S/C18H24O6/c1-4-7-10-11(8-5-2)14(17(21)22)15(18(23)24)12(9-6-3)13(10)16(19)20/h4-9H2,1-3H3,(H,19,20)(H,21,22)(H,23,24). The Kier molecular flexibility index (Phi) is 6.95. The van der Waals surface area contributed by atoms with Crippen LogP contribution in [0.25, 0.3) is 0 Å². The van der Waals surface area contributed by atoms with E-state index >= 15 is 0 Å². The molecule has 1 aromatic carbocycles. The second-order valence-electron chi connectivity index (χ2n) is 5.73. The van der Waals surface area contributed by atoms with E-state index < -0.39 is 17.9 Å². The number of rotatable bonds is 9. The number of benzene rings is 1. The molecule has 0 heterocycles. The van der Waals surface area contributed by atoms with Crippen LogP contribution in [0.3, 0.4) is 0 Å². The van der Waals surface area contributed by atoms with Gasteiger partial charge >= 0.3 is 17.9 Å². The summed E-state index contributed by atoms with van der Waals surface area (Å²) in [6.45, 7) is 5.53. The van der Waals surface area contributed by atoms with E-state index in [1.807, 2.05) is 13.8 Å². The van der Waals surface area contributed by atoms with Gasteiger partial charge in [0.05, 0.1) is 16.7 Å². The molecule has 0 aliphatic heterocycles. The molecule has 24 heavy (non-hydrogen) atoms. The van der Waals surface area contributed by atoms with Crippen LogP contribution in [0.2, 0.25) is 0 Å². The molecule has 1 aromatic rings. The molecule has 0 atom stereocenters. The van der Waals surface area contributed by atoms with Crippen LogP contribution < -0.4 is 0 Å². The normalized spacial score (nSPS) is 10.6. The van der Waals surface area contributed by atoms with Gasteiger partial charge in [-0.1, -0.05) is 40.0 Å². The molecular formula is C18H24O6. The minimum Gasteiger partial charge on any atom is -0.478 e. The van der Waals surface area contributed by atoms with Crippen molar-refractivity contribution in [3.05, 3.63) is 33.4 Å².